The molecule has 0 aliphatic rings. The molecule has 0 bridgehead atoms. The summed E-state index contributed by atoms with van der Waals surface area (Å²) in [6.45, 7) is 2.00. The van der Waals surface area contributed by atoms with Crippen molar-refractivity contribution in [2.75, 3.05) is 4.43 Å². The van der Waals surface area contributed by atoms with Crippen molar-refractivity contribution >= 4 is 0 Å². The van der Waals surface area contributed by atoms with Crippen LogP contribution in [0.25, 0.3) is 0 Å². The van der Waals surface area contributed by atoms with E-state index >= 15 is 0 Å². The molecule has 0 unspecified atom stereocenters. The molecule has 0 spiro atoms. The van der Waals surface area contributed by atoms with E-state index in [4.69, 9.17) is 0 Å². The first kappa shape index (κ1) is 5.66. The Labute approximate surface area is 42.8 Å². The molecule has 0 aliphatic carbocycles. The van der Waals surface area contributed by atoms with Gasteiger partial charge in [0.2, 0.25) is 0 Å². The molecule has 0 rings (SSSR count). The first-order valence-corrected chi connectivity index (χ1v) is 3.96. The molecule has 0 nitrogen and oxygen atoms in total. The van der Waals surface area contributed by atoms with Crippen molar-refractivity contribution in [1.29, 1.82) is 0 Å². The molecule has 2 heteroatoms. The molecule has 0 radical (unpaired) electrons. The second-order valence-corrected chi connectivity index (χ2v) is 2.45. The normalized spacial score (nSPS) is 9.20. The van der Waals surface area contributed by atoms with E-state index in [0.29, 0.717) is 0 Å². The monoisotopic (exact) mass is 189 g/mol. The van der Waals surface area contributed by atoms with Crippen LogP contribution in [0.3, 0.4) is 0 Å². The quantitative estimate of drug-likeness (QED) is 0.361. The molecular weight excluding hydrogens is 182 g/mol. The Morgan fingerprint density at radius 1 is 1.80 bits per heavy atom. The zero-order chi connectivity index (χ0) is 4.12. The number of alkyl halides is 1. The van der Waals surface area contributed by atoms with Gasteiger partial charge < -0.3 is 0 Å². The van der Waals surface area contributed by atoms with Gasteiger partial charge in [0.05, 0.1) is 0 Å². The Hall–Kier alpha value is 0.660. The molecule has 0 amide bonds. The molecule has 0 fully saturated rings. The fraction of sp³-hybridized carbons (Fsp3) is 1.00. The zero-order valence-electron chi connectivity index (χ0n) is 3.17. The summed E-state index contributed by atoms with van der Waals surface area (Å²) in [6, 6.07) is 0. The minimum absolute atomic E-state index is 0.832. The second-order valence-electron chi connectivity index (χ2n) is 0.790. The van der Waals surface area contributed by atoms with E-state index in [2.05, 4.69) is 0 Å². The fourth-order valence-corrected chi connectivity index (χ4v) is 0.479. The average molecular weight is 189 g/mol. The van der Waals surface area contributed by atoms with Crippen LogP contribution in [-0.4, -0.2) is 4.43 Å². The van der Waals surface area contributed by atoms with E-state index in [1.165, 1.54) is 0 Å². The summed E-state index contributed by atoms with van der Waals surface area (Å²) in [6.07, 6.45) is 1.02. The van der Waals surface area contributed by atoms with Crippen LogP contribution in [0.1, 0.15) is 13.3 Å². The third-order valence-electron chi connectivity index (χ3n) is 0.260. The van der Waals surface area contributed by atoms with Crippen molar-refractivity contribution in [2.45, 2.75) is 13.3 Å². The van der Waals surface area contributed by atoms with Crippen LogP contribution in [-0.2, 0) is 0 Å². The van der Waals surface area contributed by atoms with Crippen molar-refractivity contribution in [3.05, 3.63) is 0 Å². The van der Waals surface area contributed by atoms with E-state index in [9.17, 15) is 2.86 Å². The van der Waals surface area contributed by atoms with Crippen molar-refractivity contribution < 1.29 is 24.6 Å². The van der Waals surface area contributed by atoms with Crippen molar-refractivity contribution in [1.82, 2.24) is 0 Å². The molecule has 0 atom stereocenters. The van der Waals surface area contributed by atoms with Gasteiger partial charge in [0.15, 0.2) is 0 Å². The molecule has 0 aliphatic heterocycles. The van der Waals surface area contributed by atoms with Crippen LogP contribution < -0.4 is 21.8 Å². The Morgan fingerprint density at radius 2 is 2.40 bits per heavy atom. The molecule has 0 saturated heterocycles. The molecule has 0 aromatic heterocycles. The van der Waals surface area contributed by atoms with Gasteiger partial charge in [-0.1, -0.05) is 0 Å². The summed E-state index contributed by atoms with van der Waals surface area (Å²) in [4.78, 5) is 0. The van der Waals surface area contributed by atoms with Gasteiger partial charge in [0, 0.05) is 0 Å². The summed E-state index contributed by atoms with van der Waals surface area (Å²) in [5.41, 5.74) is 0. The van der Waals surface area contributed by atoms with Crippen LogP contribution in [0.5, 0.6) is 0 Å². The Morgan fingerprint density at radius 3 is 2.40 bits per heavy atom. The summed E-state index contributed by atoms with van der Waals surface area (Å²) in [5.74, 6) is 0. The number of hydrogen-bond acceptors (Lipinski definition) is 0. The van der Waals surface area contributed by atoms with Gasteiger partial charge >= 0.3 is 42.4 Å². The average Bonchev–Trinajstić information content (AvgIpc) is 1.41. The molecule has 5 heavy (non-hydrogen) atoms. The van der Waals surface area contributed by atoms with Crippen molar-refractivity contribution in [3.8, 4) is 0 Å². The van der Waals surface area contributed by atoms with E-state index in [0.717, 1.165) is 10.8 Å². The summed E-state index contributed by atoms with van der Waals surface area (Å²) >= 11 is -0.893. The van der Waals surface area contributed by atoms with Gasteiger partial charge in [-0.15, -0.1) is 0 Å². The number of hydrogen-bond donors (Lipinski definition) is 0. The summed E-state index contributed by atoms with van der Waals surface area (Å²) < 4.78 is 11.9. The molecular formula is C3H7FI-. The summed E-state index contributed by atoms with van der Waals surface area (Å²) in [5, 5.41) is 0. The number of halogens is 2. The molecule has 0 heterocycles. The van der Waals surface area contributed by atoms with Crippen LogP contribution in [0.4, 0.5) is 2.86 Å². The molecule has 0 aromatic rings. The fourth-order valence-electron chi connectivity index (χ4n) is 0.0714. The maximum atomic E-state index is 11.1. The first-order valence-electron chi connectivity index (χ1n) is 1.62. The van der Waals surface area contributed by atoms with Crippen molar-refractivity contribution in [2.24, 2.45) is 0 Å². The van der Waals surface area contributed by atoms with E-state index in [1.807, 2.05) is 6.92 Å². The second kappa shape index (κ2) is 4.66. The third-order valence-corrected chi connectivity index (χ3v) is 1.75. The molecule has 34 valence electrons. The van der Waals surface area contributed by atoms with Gasteiger partial charge in [0.1, 0.15) is 0 Å². The predicted molar refractivity (Wildman–Crippen MR) is 16.3 cm³/mol. The van der Waals surface area contributed by atoms with Crippen LogP contribution in [0, 0.1) is 0 Å². The Balaban J connectivity index is 2.19. The Kier molecular flexibility index (Phi) is 5.28. The van der Waals surface area contributed by atoms with E-state index in [1.54, 1.807) is 0 Å². The summed E-state index contributed by atoms with van der Waals surface area (Å²) in [7, 11) is 0. The molecule has 0 N–H and O–H groups in total. The van der Waals surface area contributed by atoms with Crippen LogP contribution in [0.15, 0.2) is 0 Å². The first-order chi connectivity index (χ1) is 2.41. The van der Waals surface area contributed by atoms with Gasteiger partial charge in [-0.25, -0.2) is 0 Å². The number of rotatable bonds is 2. The Bertz CT molecular complexity index is 14.4. The van der Waals surface area contributed by atoms with E-state index < -0.39 is 21.8 Å². The standard InChI is InChI=1S/C3H7FI/c1-2-3-5-4/h2-3H2,1H3/q-1. The van der Waals surface area contributed by atoms with Gasteiger partial charge in [-0.05, 0) is 0 Å². The topological polar surface area (TPSA) is 0 Å². The minimum atomic E-state index is -0.893. The third kappa shape index (κ3) is 4.66. The van der Waals surface area contributed by atoms with Crippen LogP contribution >= 0.6 is 0 Å². The predicted octanol–water partition coefficient (Wildman–Crippen LogP) is -1.63. The van der Waals surface area contributed by atoms with Crippen LogP contribution in [0.2, 0.25) is 0 Å². The SMILES string of the molecule is CCC[I-]F. The van der Waals surface area contributed by atoms with Crippen molar-refractivity contribution in [3.63, 3.8) is 0 Å². The van der Waals surface area contributed by atoms with E-state index in [-0.39, 0.29) is 0 Å². The molecule has 0 saturated carbocycles. The van der Waals surface area contributed by atoms with Gasteiger partial charge in [0.25, 0.3) is 0 Å². The van der Waals surface area contributed by atoms with Gasteiger partial charge in [-0.3, -0.25) is 0 Å². The maximum absolute atomic E-state index is 11.1. The van der Waals surface area contributed by atoms with Gasteiger partial charge in [-0.2, -0.15) is 0 Å². The zero-order valence-corrected chi connectivity index (χ0v) is 5.33. The molecule has 0 aromatic carbocycles.